The zero-order chi connectivity index (χ0) is 14.7. The third-order valence-corrected chi connectivity index (χ3v) is 4.15. The lowest BCUT2D eigenvalue weighted by Crippen LogP contribution is -2.62. The van der Waals surface area contributed by atoms with Gasteiger partial charge in [-0.15, -0.1) is 0 Å². The van der Waals surface area contributed by atoms with E-state index in [0.29, 0.717) is 0 Å². The van der Waals surface area contributed by atoms with Crippen LogP contribution in [0.5, 0.6) is 0 Å². The molecule has 0 saturated carbocycles. The molecule has 0 atom stereocenters. The first-order valence-electron chi connectivity index (χ1n) is 7.12. The van der Waals surface area contributed by atoms with Gasteiger partial charge in [0.05, 0.1) is 17.0 Å². The summed E-state index contributed by atoms with van der Waals surface area (Å²) in [6.07, 6.45) is 3.01. The van der Waals surface area contributed by atoms with Gasteiger partial charge in [-0.1, -0.05) is 6.42 Å². The number of carbonyl (C=O) groups excluding carboxylic acids is 1. The van der Waals surface area contributed by atoms with Crippen LogP contribution in [0.4, 0.5) is 0 Å². The van der Waals surface area contributed by atoms with Crippen LogP contribution in [0.15, 0.2) is 0 Å². The number of unbranched alkanes of at least 4 members (excludes halogenated alkanes) is 1. The Bertz CT molecular complexity index is 368. The standard InChI is InChI=1S/C15H27N3O/c1-14(2,12-16)8-6-7-9-18-11-10-17(5)13(19)15(18,3)4/h6-11H2,1-5H3. The SMILES string of the molecule is CN1CCN(CCCCC(C)(C)C#N)C(C)(C)C1=O. The number of hydrogen-bond acceptors (Lipinski definition) is 3. The molecule has 0 aromatic carbocycles. The summed E-state index contributed by atoms with van der Waals surface area (Å²) in [6.45, 7) is 10.7. The molecule has 0 aliphatic carbocycles. The maximum absolute atomic E-state index is 12.1. The lowest BCUT2D eigenvalue weighted by atomic mass is 9.89. The van der Waals surface area contributed by atoms with E-state index < -0.39 is 5.54 Å². The fourth-order valence-corrected chi connectivity index (χ4v) is 2.57. The Labute approximate surface area is 117 Å². The monoisotopic (exact) mass is 265 g/mol. The molecule has 1 heterocycles. The average Bonchev–Trinajstić information content (AvgIpc) is 2.34. The van der Waals surface area contributed by atoms with Crippen LogP contribution in [0.25, 0.3) is 0 Å². The van der Waals surface area contributed by atoms with Crippen LogP contribution >= 0.6 is 0 Å². The van der Waals surface area contributed by atoms with Crippen LogP contribution < -0.4 is 0 Å². The summed E-state index contributed by atoms with van der Waals surface area (Å²) in [7, 11) is 1.87. The van der Waals surface area contributed by atoms with Gasteiger partial charge in [-0.05, 0) is 47.1 Å². The number of hydrogen-bond donors (Lipinski definition) is 0. The van der Waals surface area contributed by atoms with Crippen molar-refractivity contribution >= 4 is 5.91 Å². The van der Waals surface area contributed by atoms with E-state index in [1.807, 2.05) is 39.6 Å². The van der Waals surface area contributed by atoms with E-state index in [9.17, 15) is 4.79 Å². The first-order chi connectivity index (χ1) is 8.70. The highest BCUT2D eigenvalue weighted by Crippen LogP contribution is 2.24. The number of amides is 1. The van der Waals surface area contributed by atoms with E-state index in [1.165, 1.54) is 0 Å². The van der Waals surface area contributed by atoms with Crippen LogP contribution in [-0.4, -0.2) is 47.9 Å². The second-order valence-electron chi connectivity index (χ2n) is 6.73. The first kappa shape index (κ1) is 16.0. The number of likely N-dealkylation sites (N-methyl/N-ethyl adjacent to an activating group) is 1. The van der Waals surface area contributed by atoms with Gasteiger partial charge in [-0.25, -0.2) is 0 Å². The summed E-state index contributed by atoms with van der Waals surface area (Å²) in [6, 6.07) is 2.33. The van der Waals surface area contributed by atoms with Gasteiger partial charge in [-0.2, -0.15) is 5.26 Å². The van der Waals surface area contributed by atoms with Crippen molar-refractivity contribution in [2.45, 2.75) is 52.5 Å². The minimum atomic E-state index is -0.391. The van der Waals surface area contributed by atoms with E-state index in [2.05, 4.69) is 11.0 Å². The molecule has 1 aliphatic rings. The Kier molecular flexibility index (Phi) is 4.98. The normalized spacial score (nSPS) is 20.4. The fourth-order valence-electron chi connectivity index (χ4n) is 2.57. The summed E-state index contributed by atoms with van der Waals surface area (Å²) < 4.78 is 0. The summed E-state index contributed by atoms with van der Waals surface area (Å²) in [5.41, 5.74) is -0.620. The molecule has 4 nitrogen and oxygen atoms in total. The van der Waals surface area contributed by atoms with E-state index in [1.54, 1.807) is 0 Å². The molecule has 0 radical (unpaired) electrons. The molecule has 1 fully saturated rings. The second kappa shape index (κ2) is 5.92. The fraction of sp³-hybridized carbons (Fsp3) is 0.867. The van der Waals surface area contributed by atoms with Crippen LogP contribution in [0.3, 0.4) is 0 Å². The summed E-state index contributed by atoms with van der Waals surface area (Å²) in [5, 5.41) is 8.98. The number of rotatable bonds is 5. The largest absolute Gasteiger partial charge is 0.343 e. The smallest absolute Gasteiger partial charge is 0.242 e. The molecular weight excluding hydrogens is 238 g/mol. The number of piperazine rings is 1. The van der Waals surface area contributed by atoms with Crippen molar-refractivity contribution in [1.29, 1.82) is 5.26 Å². The summed E-state index contributed by atoms with van der Waals surface area (Å²) in [4.78, 5) is 16.2. The van der Waals surface area contributed by atoms with E-state index in [0.717, 1.165) is 38.9 Å². The van der Waals surface area contributed by atoms with Crippen molar-refractivity contribution in [3.05, 3.63) is 0 Å². The van der Waals surface area contributed by atoms with Gasteiger partial charge >= 0.3 is 0 Å². The van der Waals surface area contributed by atoms with Crippen LogP contribution in [0.1, 0.15) is 47.0 Å². The van der Waals surface area contributed by atoms with E-state index in [4.69, 9.17) is 5.26 Å². The summed E-state index contributed by atoms with van der Waals surface area (Å²) in [5.74, 6) is 0.205. The van der Waals surface area contributed by atoms with Crippen LogP contribution in [0, 0.1) is 16.7 Å². The van der Waals surface area contributed by atoms with Gasteiger partial charge in [0.2, 0.25) is 5.91 Å². The highest BCUT2D eigenvalue weighted by Gasteiger charge is 2.39. The molecule has 19 heavy (non-hydrogen) atoms. The molecule has 1 saturated heterocycles. The Balaban J connectivity index is 2.42. The molecule has 108 valence electrons. The van der Waals surface area contributed by atoms with Crippen molar-refractivity contribution in [3.63, 3.8) is 0 Å². The molecular formula is C15H27N3O. The maximum Gasteiger partial charge on any atom is 0.242 e. The van der Waals surface area contributed by atoms with Crippen LogP contribution in [-0.2, 0) is 4.79 Å². The average molecular weight is 265 g/mol. The molecule has 0 unspecified atom stereocenters. The second-order valence-corrected chi connectivity index (χ2v) is 6.73. The topological polar surface area (TPSA) is 47.3 Å². The quantitative estimate of drug-likeness (QED) is 0.716. The molecule has 0 N–H and O–H groups in total. The zero-order valence-electron chi connectivity index (χ0n) is 13.0. The van der Waals surface area contributed by atoms with Crippen molar-refractivity contribution in [2.24, 2.45) is 5.41 Å². The molecule has 0 spiro atoms. The van der Waals surface area contributed by atoms with Crippen molar-refractivity contribution < 1.29 is 4.79 Å². The van der Waals surface area contributed by atoms with Gasteiger partial charge in [0.1, 0.15) is 0 Å². The lowest BCUT2D eigenvalue weighted by Gasteiger charge is -2.44. The molecule has 4 heteroatoms. The highest BCUT2D eigenvalue weighted by molar-refractivity contribution is 5.86. The molecule has 0 aromatic rings. The van der Waals surface area contributed by atoms with Crippen molar-refractivity contribution in [3.8, 4) is 6.07 Å². The number of nitriles is 1. The summed E-state index contributed by atoms with van der Waals surface area (Å²) >= 11 is 0. The maximum atomic E-state index is 12.1. The Morgan fingerprint density at radius 2 is 1.95 bits per heavy atom. The predicted molar refractivity (Wildman–Crippen MR) is 76.5 cm³/mol. The van der Waals surface area contributed by atoms with E-state index in [-0.39, 0.29) is 11.3 Å². The minimum Gasteiger partial charge on any atom is -0.343 e. The molecule has 0 aromatic heterocycles. The van der Waals surface area contributed by atoms with Gasteiger partial charge in [0.25, 0.3) is 0 Å². The third-order valence-electron chi connectivity index (χ3n) is 4.15. The Hall–Kier alpha value is -1.08. The van der Waals surface area contributed by atoms with Crippen LogP contribution in [0.2, 0.25) is 0 Å². The molecule has 0 bridgehead atoms. The third kappa shape index (κ3) is 3.94. The van der Waals surface area contributed by atoms with Gasteiger partial charge < -0.3 is 4.90 Å². The number of nitrogens with zero attached hydrogens (tertiary/aromatic N) is 3. The first-order valence-corrected chi connectivity index (χ1v) is 7.12. The van der Waals surface area contributed by atoms with E-state index >= 15 is 0 Å². The lowest BCUT2D eigenvalue weighted by molar-refractivity contribution is -0.147. The predicted octanol–water partition coefficient (Wildman–Crippen LogP) is 2.26. The Morgan fingerprint density at radius 1 is 1.32 bits per heavy atom. The molecule has 1 aliphatic heterocycles. The van der Waals surface area contributed by atoms with Crippen molar-refractivity contribution in [1.82, 2.24) is 9.80 Å². The minimum absolute atomic E-state index is 0.205. The highest BCUT2D eigenvalue weighted by atomic mass is 16.2. The molecule has 1 rings (SSSR count). The number of carbonyl (C=O) groups is 1. The molecule has 1 amide bonds. The zero-order valence-corrected chi connectivity index (χ0v) is 13.0. The van der Waals surface area contributed by atoms with Crippen molar-refractivity contribution in [2.75, 3.05) is 26.7 Å². The van der Waals surface area contributed by atoms with Gasteiger partial charge in [0, 0.05) is 20.1 Å². The Morgan fingerprint density at radius 3 is 2.53 bits per heavy atom. The van der Waals surface area contributed by atoms with Gasteiger partial charge in [0.15, 0.2) is 0 Å². The van der Waals surface area contributed by atoms with Gasteiger partial charge in [-0.3, -0.25) is 9.69 Å².